The van der Waals surface area contributed by atoms with Crippen LogP contribution in [0.2, 0.25) is 0 Å². The molecule has 0 radical (unpaired) electrons. The van der Waals surface area contributed by atoms with Gasteiger partial charge in [0.2, 0.25) is 0 Å². The molecule has 9 nitrogen and oxygen atoms in total. The second-order valence-electron chi connectivity index (χ2n) is 13.9. The second kappa shape index (κ2) is 10.9. The Morgan fingerprint density at radius 2 is 1.20 bits per heavy atom. The molecule has 2 aliphatic carbocycles. The summed E-state index contributed by atoms with van der Waals surface area (Å²) >= 11 is 0. The predicted octanol–water partition coefficient (Wildman–Crippen LogP) is 4.29. The van der Waals surface area contributed by atoms with Crippen LogP contribution in [0.3, 0.4) is 0 Å². The van der Waals surface area contributed by atoms with E-state index in [0.717, 1.165) is 75.6 Å². The number of rotatable bonds is 8. The maximum atomic E-state index is 15.5. The van der Waals surface area contributed by atoms with Gasteiger partial charge in [-0.25, -0.2) is 8.78 Å². The fourth-order valence-corrected chi connectivity index (χ4v) is 8.52. The molecule has 0 bridgehead atoms. The van der Waals surface area contributed by atoms with Gasteiger partial charge < -0.3 is 10.6 Å². The molecule has 0 aromatic carbocycles. The molecule has 2 aromatic heterocycles. The number of piperidine rings is 2. The third-order valence-electron chi connectivity index (χ3n) is 11.0. The fraction of sp³-hybridized carbons (Fsp3) is 0.606. The molecule has 2 saturated carbocycles. The summed E-state index contributed by atoms with van der Waals surface area (Å²) in [5, 5.41) is 21.1. The zero-order valence-electron chi connectivity index (χ0n) is 24.9. The third-order valence-corrected chi connectivity index (χ3v) is 11.0. The van der Waals surface area contributed by atoms with Gasteiger partial charge >= 0.3 is 0 Å². The smallest absolute Gasteiger partial charge is 0.181 e. The Bertz CT molecular complexity index is 1370. The molecule has 4 aliphatic heterocycles. The number of carbonyl (C=O) groups excluding carboxylic acids is 1. The molecule has 4 fully saturated rings. The van der Waals surface area contributed by atoms with Crippen molar-refractivity contribution in [3.63, 3.8) is 0 Å². The number of pyridine rings is 2. The molecule has 0 amide bonds. The Morgan fingerprint density at radius 3 is 1.61 bits per heavy atom. The van der Waals surface area contributed by atoms with Crippen LogP contribution in [0.4, 0.5) is 8.78 Å². The van der Waals surface area contributed by atoms with Gasteiger partial charge in [0, 0.05) is 48.7 Å². The van der Waals surface area contributed by atoms with Crippen LogP contribution in [0, 0.1) is 23.5 Å². The lowest BCUT2D eigenvalue weighted by Gasteiger charge is -2.46. The Hall–Kier alpha value is -3.31. The SMILES string of the molecule is O=C(C(C1CCNC2(CC2)C1)N1N=CCC1c1cncc(F)c1)C(C1CCNC2(CC2)C1)N1N=CCC1c1cncc(F)c1. The average molecular weight is 603 g/mol. The highest BCUT2D eigenvalue weighted by molar-refractivity contribution is 5.90. The van der Waals surface area contributed by atoms with Gasteiger partial charge in [-0.05, 0) is 99.6 Å². The van der Waals surface area contributed by atoms with Gasteiger partial charge in [0.25, 0.3) is 0 Å². The van der Waals surface area contributed by atoms with Gasteiger partial charge in [0.15, 0.2) is 5.78 Å². The highest BCUT2D eigenvalue weighted by atomic mass is 19.1. The summed E-state index contributed by atoms with van der Waals surface area (Å²) < 4.78 is 28.8. The van der Waals surface area contributed by atoms with E-state index in [0.29, 0.717) is 12.8 Å². The Balaban J connectivity index is 1.19. The standard InChI is InChI=1S/C33H40F2N8O/c34-25-13-23(17-36-19-25)27-3-11-40-42(27)29(21-1-9-38-32(15-21)5-6-32)31(44)30(22-2-10-39-33(16-22)7-8-33)43-28(4-12-41-43)24-14-26(35)20-37-18-24/h11-14,17-22,27-30,38-39H,1-10,15-16H2. The molecule has 2 saturated heterocycles. The van der Waals surface area contributed by atoms with E-state index >= 15 is 4.79 Å². The number of nitrogens with one attached hydrogen (secondary N) is 2. The molecule has 6 heterocycles. The van der Waals surface area contributed by atoms with Crippen LogP contribution >= 0.6 is 0 Å². The van der Waals surface area contributed by atoms with Gasteiger partial charge in [-0.1, -0.05) is 0 Å². The summed E-state index contributed by atoms with van der Waals surface area (Å²) in [6, 6.07) is 1.49. The number of nitrogens with zero attached hydrogens (tertiary/aromatic N) is 6. The van der Waals surface area contributed by atoms with E-state index in [1.54, 1.807) is 12.4 Å². The number of hydrazone groups is 2. The van der Waals surface area contributed by atoms with Crippen LogP contribution in [0.15, 0.2) is 47.1 Å². The van der Waals surface area contributed by atoms with E-state index in [1.807, 2.05) is 22.4 Å². The van der Waals surface area contributed by atoms with Gasteiger partial charge in [-0.3, -0.25) is 24.8 Å². The normalized spacial score (nSPS) is 31.0. The molecule has 44 heavy (non-hydrogen) atoms. The average Bonchev–Trinajstić information content (AvgIpc) is 3.79. The molecule has 2 spiro atoms. The van der Waals surface area contributed by atoms with Gasteiger partial charge in [0.05, 0.1) is 24.5 Å². The van der Waals surface area contributed by atoms with Gasteiger partial charge in [0.1, 0.15) is 23.7 Å². The third kappa shape index (κ3) is 5.21. The lowest BCUT2D eigenvalue weighted by Crippen LogP contribution is -2.58. The van der Waals surface area contributed by atoms with E-state index in [1.165, 1.54) is 24.5 Å². The molecule has 2 N–H and O–H groups in total. The topological polar surface area (TPSA) is 98.1 Å². The summed E-state index contributed by atoms with van der Waals surface area (Å²) in [6.45, 7) is 1.72. The van der Waals surface area contributed by atoms with Crippen molar-refractivity contribution >= 4 is 18.2 Å². The lowest BCUT2D eigenvalue weighted by atomic mass is 9.75. The quantitative estimate of drug-likeness (QED) is 0.465. The highest BCUT2D eigenvalue weighted by Gasteiger charge is 2.55. The van der Waals surface area contributed by atoms with Crippen molar-refractivity contribution in [2.24, 2.45) is 22.0 Å². The monoisotopic (exact) mass is 602 g/mol. The minimum atomic E-state index is -0.501. The van der Waals surface area contributed by atoms with Gasteiger partial charge in [-0.15, -0.1) is 0 Å². The van der Waals surface area contributed by atoms with Crippen molar-refractivity contribution in [1.82, 2.24) is 30.6 Å². The molecule has 11 heteroatoms. The zero-order valence-corrected chi connectivity index (χ0v) is 24.9. The number of ketones is 1. The molecule has 6 unspecified atom stereocenters. The molecule has 6 aliphatic rings. The Morgan fingerprint density at radius 1 is 0.750 bits per heavy atom. The lowest BCUT2D eigenvalue weighted by molar-refractivity contribution is -0.137. The number of hydrogen-bond donors (Lipinski definition) is 2. The molecular formula is C33H40F2N8O. The second-order valence-corrected chi connectivity index (χ2v) is 13.9. The predicted molar refractivity (Wildman–Crippen MR) is 162 cm³/mol. The van der Waals surface area contributed by atoms with Crippen molar-refractivity contribution in [3.8, 4) is 0 Å². The number of halogens is 2. The summed E-state index contributed by atoms with van der Waals surface area (Å²) in [4.78, 5) is 23.8. The summed E-state index contributed by atoms with van der Waals surface area (Å²) in [7, 11) is 0. The van der Waals surface area contributed by atoms with E-state index in [2.05, 4.69) is 20.6 Å². The minimum absolute atomic E-state index is 0.0884. The Labute approximate surface area is 256 Å². The van der Waals surface area contributed by atoms with E-state index < -0.39 is 23.7 Å². The first-order valence-electron chi connectivity index (χ1n) is 16.3. The number of carbonyl (C=O) groups is 1. The van der Waals surface area contributed by atoms with Crippen LogP contribution in [-0.2, 0) is 4.79 Å². The van der Waals surface area contributed by atoms with E-state index in [-0.39, 0.29) is 40.8 Å². The molecular weight excluding hydrogens is 562 g/mol. The van der Waals surface area contributed by atoms with E-state index in [4.69, 9.17) is 10.2 Å². The number of aromatic nitrogens is 2. The van der Waals surface area contributed by atoms with Crippen molar-refractivity contribution in [1.29, 1.82) is 0 Å². The fourth-order valence-electron chi connectivity index (χ4n) is 8.52. The summed E-state index contributed by atoms with van der Waals surface area (Å²) in [6.07, 6.45) is 18.7. The molecule has 2 aromatic rings. The largest absolute Gasteiger partial charge is 0.311 e. The van der Waals surface area contributed by atoms with Crippen LogP contribution in [-0.4, -0.2) is 74.4 Å². The molecule has 232 valence electrons. The Kier molecular flexibility index (Phi) is 7.01. The first-order chi connectivity index (χ1) is 21.4. The first-order valence-corrected chi connectivity index (χ1v) is 16.3. The number of hydrogen-bond acceptors (Lipinski definition) is 9. The van der Waals surface area contributed by atoms with Gasteiger partial charge in [-0.2, -0.15) is 10.2 Å². The first kappa shape index (κ1) is 28.2. The van der Waals surface area contributed by atoms with Crippen molar-refractivity contribution in [2.45, 2.75) is 99.5 Å². The molecule has 8 rings (SSSR count). The highest BCUT2D eigenvalue weighted by Crippen LogP contribution is 2.50. The summed E-state index contributed by atoms with van der Waals surface area (Å²) in [5.74, 6) is -0.485. The maximum absolute atomic E-state index is 15.5. The molecule has 6 atom stereocenters. The van der Waals surface area contributed by atoms with Crippen molar-refractivity contribution in [3.05, 3.63) is 59.7 Å². The van der Waals surface area contributed by atoms with Crippen molar-refractivity contribution in [2.75, 3.05) is 13.1 Å². The van der Waals surface area contributed by atoms with Crippen LogP contribution in [0.1, 0.15) is 87.4 Å². The minimum Gasteiger partial charge on any atom is -0.311 e. The maximum Gasteiger partial charge on any atom is 0.181 e. The van der Waals surface area contributed by atoms with Crippen LogP contribution in [0.5, 0.6) is 0 Å². The zero-order chi connectivity index (χ0) is 29.9. The van der Waals surface area contributed by atoms with Crippen molar-refractivity contribution < 1.29 is 13.6 Å². The van der Waals surface area contributed by atoms with Crippen LogP contribution in [0.25, 0.3) is 0 Å². The van der Waals surface area contributed by atoms with Crippen LogP contribution < -0.4 is 10.6 Å². The van der Waals surface area contributed by atoms with E-state index in [9.17, 15) is 8.78 Å². The number of Topliss-reactive ketones (excluding diaryl/α,β-unsaturated/α-hetero) is 1. The summed E-state index contributed by atoms with van der Waals surface area (Å²) in [5.41, 5.74) is 1.66.